The Hall–Kier alpha value is -3.43. The molecular formula is C34H37F2N5O2. The second-order valence-corrected chi connectivity index (χ2v) is 13.2. The second-order valence-electron chi connectivity index (χ2n) is 13.2. The first-order valence-electron chi connectivity index (χ1n) is 15.6. The SMILES string of the molecule is COC1CN2CCCC2(COc2nc(N3CC4CCC(C4)C3)c3cnc(-c4cc(C)cc5cccc(F)c45)c(F)c3n2)C1. The fourth-order valence-electron chi connectivity index (χ4n) is 8.44. The first kappa shape index (κ1) is 27.1. The zero-order valence-corrected chi connectivity index (χ0v) is 24.8. The summed E-state index contributed by atoms with van der Waals surface area (Å²) in [6.45, 7) is 6.03. The van der Waals surface area contributed by atoms with Crippen LogP contribution in [0.2, 0.25) is 0 Å². The monoisotopic (exact) mass is 585 g/mol. The van der Waals surface area contributed by atoms with Gasteiger partial charge in [-0.1, -0.05) is 18.2 Å². The highest BCUT2D eigenvalue weighted by Crippen LogP contribution is 2.43. The predicted molar refractivity (Wildman–Crippen MR) is 162 cm³/mol. The molecule has 0 amide bonds. The molecule has 2 bridgehead atoms. The molecule has 3 aliphatic heterocycles. The van der Waals surface area contributed by atoms with E-state index in [-0.39, 0.29) is 28.9 Å². The Morgan fingerprint density at radius 1 is 1.07 bits per heavy atom. The highest BCUT2D eigenvalue weighted by Gasteiger charge is 2.49. The van der Waals surface area contributed by atoms with Gasteiger partial charge in [0.2, 0.25) is 0 Å². The summed E-state index contributed by atoms with van der Waals surface area (Å²) in [5.41, 5.74) is 1.44. The van der Waals surface area contributed by atoms with Crippen molar-refractivity contribution in [3.8, 4) is 17.3 Å². The van der Waals surface area contributed by atoms with Crippen LogP contribution in [0.1, 0.15) is 44.1 Å². The number of anilines is 1. The Bertz CT molecular complexity index is 1720. The van der Waals surface area contributed by atoms with Crippen LogP contribution >= 0.6 is 0 Å². The van der Waals surface area contributed by atoms with Gasteiger partial charge in [-0.25, -0.2) is 8.78 Å². The molecule has 0 spiro atoms. The number of methoxy groups -OCH3 is 1. The third-order valence-electron chi connectivity index (χ3n) is 10.5. The highest BCUT2D eigenvalue weighted by atomic mass is 19.1. The average Bonchev–Trinajstić information content (AvgIpc) is 3.67. The van der Waals surface area contributed by atoms with Crippen molar-refractivity contribution < 1.29 is 18.3 Å². The quantitative estimate of drug-likeness (QED) is 0.263. The molecule has 5 heterocycles. The van der Waals surface area contributed by atoms with Crippen LogP contribution in [0.5, 0.6) is 6.01 Å². The minimum Gasteiger partial charge on any atom is -0.461 e. The van der Waals surface area contributed by atoms with E-state index in [1.807, 2.05) is 19.1 Å². The van der Waals surface area contributed by atoms with Gasteiger partial charge in [-0.15, -0.1) is 0 Å². The molecule has 0 N–H and O–H groups in total. The first-order valence-corrected chi connectivity index (χ1v) is 15.6. The molecule has 4 atom stereocenters. The van der Waals surface area contributed by atoms with Crippen molar-refractivity contribution in [2.24, 2.45) is 11.8 Å². The topological polar surface area (TPSA) is 63.6 Å². The molecule has 7 nitrogen and oxygen atoms in total. The Labute approximate surface area is 250 Å². The Kier molecular flexibility index (Phi) is 6.53. The van der Waals surface area contributed by atoms with Gasteiger partial charge in [-0.2, -0.15) is 9.97 Å². The number of aromatic nitrogens is 3. The number of benzene rings is 2. The number of hydrogen-bond donors (Lipinski definition) is 0. The molecule has 8 rings (SSSR count). The zero-order chi connectivity index (χ0) is 29.3. The van der Waals surface area contributed by atoms with Crippen molar-refractivity contribution >= 4 is 27.5 Å². The fourth-order valence-corrected chi connectivity index (χ4v) is 8.44. The fraction of sp³-hybridized carbons (Fsp3) is 0.500. The third kappa shape index (κ3) is 4.54. The largest absolute Gasteiger partial charge is 0.461 e. The van der Waals surface area contributed by atoms with E-state index in [1.54, 1.807) is 25.4 Å². The Morgan fingerprint density at radius 3 is 2.72 bits per heavy atom. The number of aryl methyl sites for hydroxylation is 1. The lowest BCUT2D eigenvalue weighted by atomic mass is 9.94. The first-order chi connectivity index (χ1) is 20.9. The highest BCUT2D eigenvalue weighted by molar-refractivity contribution is 5.99. The minimum atomic E-state index is -0.581. The summed E-state index contributed by atoms with van der Waals surface area (Å²) < 4.78 is 44.0. The van der Waals surface area contributed by atoms with E-state index in [4.69, 9.17) is 14.5 Å². The zero-order valence-electron chi connectivity index (χ0n) is 24.8. The van der Waals surface area contributed by atoms with Gasteiger partial charge in [0, 0.05) is 43.9 Å². The smallest absolute Gasteiger partial charge is 0.319 e. The molecule has 9 heteroatoms. The summed E-state index contributed by atoms with van der Waals surface area (Å²) in [6, 6.07) is 8.79. The third-order valence-corrected chi connectivity index (χ3v) is 10.5. The lowest BCUT2D eigenvalue weighted by Gasteiger charge is -2.34. The van der Waals surface area contributed by atoms with Crippen molar-refractivity contribution in [1.82, 2.24) is 19.9 Å². The Morgan fingerprint density at radius 2 is 1.91 bits per heavy atom. The number of pyridine rings is 1. The predicted octanol–water partition coefficient (Wildman–Crippen LogP) is 6.30. The van der Waals surface area contributed by atoms with E-state index < -0.39 is 11.6 Å². The number of rotatable bonds is 6. The molecule has 4 unspecified atom stereocenters. The normalized spacial score (nSPS) is 27.0. The molecule has 1 saturated carbocycles. The van der Waals surface area contributed by atoms with E-state index in [0.29, 0.717) is 46.0 Å². The number of nitrogens with zero attached hydrogens (tertiary/aromatic N) is 5. The summed E-state index contributed by atoms with van der Waals surface area (Å²) >= 11 is 0. The maximum atomic E-state index is 16.7. The van der Waals surface area contributed by atoms with Crippen LogP contribution in [-0.2, 0) is 4.74 Å². The van der Waals surface area contributed by atoms with Gasteiger partial charge in [0.1, 0.15) is 29.5 Å². The van der Waals surface area contributed by atoms with Crippen molar-refractivity contribution in [2.75, 3.05) is 44.8 Å². The standard InChI is InChI=1S/C34H37F2N5O2/c1-20-11-23-5-3-6-27(35)28(23)25(12-20)30-29(36)31-26(15-37-30)32(40-16-21-7-8-22(13-21)17-40)39-33(38-31)43-19-34-9-4-10-41(34)18-24(14-34)42-2/h3,5-6,11-12,15,21-22,24H,4,7-10,13-14,16-19H2,1-2H3. The minimum absolute atomic E-state index is 0.0832. The van der Waals surface area contributed by atoms with Gasteiger partial charge in [0.05, 0.1) is 17.0 Å². The van der Waals surface area contributed by atoms with Gasteiger partial charge in [0.25, 0.3) is 0 Å². The van der Waals surface area contributed by atoms with Crippen LogP contribution in [0.25, 0.3) is 32.9 Å². The molecule has 0 radical (unpaired) electrons. The molecular weight excluding hydrogens is 548 g/mol. The Balaban J connectivity index is 1.24. The number of halogens is 2. The van der Waals surface area contributed by atoms with Crippen molar-refractivity contribution in [2.45, 2.75) is 57.1 Å². The lowest BCUT2D eigenvalue weighted by molar-refractivity contribution is 0.0997. The number of hydrogen-bond acceptors (Lipinski definition) is 7. The average molecular weight is 586 g/mol. The molecule has 4 fully saturated rings. The van der Waals surface area contributed by atoms with Crippen molar-refractivity contribution in [3.05, 3.63) is 53.7 Å². The van der Waals surface area contributed by atoms with Gasteiger partial charge < -0.3 is 14.4 Å². The molecule has 2 aromatic heterocycles. The van der Waals surface area contributed by atoms with E-state index in [0.717, 1.165) is 51.0 Å². The number of piperidine rings is 1. The molecule has 2 aromatic carbocycles. The van der Waals surface area contributed by atoms with Crippen LogP contribution in [0.4, 0.5) is 14.6 Å². The van der Waals surface area contributed by atoms with Crippen LogP contribution in [0, 0.1) is 30.4 Å². The van der Waals surface area contributed by atoms with E-state index in [9.17, 15) is 0 Å². The van der Waals surface area contributed by atoms with Gasteiger partial charge in [0.15, 0.2) is 5.82 Å². The molecule has 4 aromatic rings. The maximum Gasteiger partial charge on any atom is 0.319 e. The summed E-state index contributed by atoms with van der Waals surface area (Å²) in [5, 5.41) is 1.62. The summed E-state index contributed by atoms with van der Waals surface area (Å²) in [4.78, 5) is 19.0. The lowest BCUT2D eigenvalue weighted by Crippen LogP contribution is -2.43. The summed E-state index contributed by atoms with van der Waals surface area (Å²) in [6.07, 6.45) is 8.55. The van der Waals surface area contributed by atoms with Gasteiger partial charge in [-0.05, 0) is 86.9 Å². The van der Waals surface area contributed by atoms with Crippen LogP contribution in [-0.4, -0.2) is 71.4 Å². The van der Waals surface area contributed by atoms with E-state index >= 15 is 8.78 Å². The van der Waals surface area contributed by atoms with Crippen molar-refractivity contribution in [1.29, 1.82) is 0 Å². The van der Waals surface area contributed by atoms with Crippen LogP contribution < -0.4 is 9.64 Å². The van der Waals surface area contributed by atoms with Crippen molar-refractivity contribution in [3.63, 3.8) is 0 Å². The van der Waals surface area contributed by atoms with Gasteiger partial charge in [-0.3, -0.25) is 9.88 Å². The second kappa shape index (κ2) is 10.3. The molecule has 3 saturated heterocycles. The van der Waals surface area contributed by atoms with Gasteiger partial charge >= 0.3 is 6.01 Å². The van der Waals surface area contributed by atoms with Crippen LogP contribution in [0.3, 0.4) is 0 Å². The molecule has 4 aliphatic rings. The maximum absolute atomic E-state index is 16.7. The van der Waals surface area contributed by atoms with E-state index in [2.05, 4.69) is 19.8 Å². The number of ether oxygens (including phenoxy) is 2. The summed E-state index contributed by atoms with van der Waals surface area (Å²) in [5.74, 6) is 0.916. The molecule has 224 valence electrons. The molecule has 1 aliphatic carbocycles. The van der Waals surface area contributed by atoms with Crippen LogP contribution in [0.15, 0.2) is 36.5 Å². The number of fused-ring (bicyclic) bond motifs is 5. The summed E-state index contributed by atoms with van der Waals surface area (Å²) in [7, 11) is 1.77. The molecule has 43 heavy (non-hydrogen) atoms. The van der Waals surface area contributed by atoms with E-state index in [1.165, 1.54) is 25.3 Å².